The number of nitrogens with zero attached hydrogens (tertiary/aromatic N) is 1. The zero-order chi connectivity index (χ0) is 16.8. The molecule has 0 bridgehead atoms. The van der Waals surface area contributed by atoms with E-state index in [4.69, 9.17) is 15.2 Å². The molecule has 0 radical (unpaired) electrons. The van der Waals surface area contributed by atoms with E-state index >= 15 is 0 Å². The van der Waals surface area contributed by atoms with Gasteiger partial charge >= 0.3 is 0 Å². The van der Waals surface area contributed by atoms with Crippen LogP contribution in [0.1, 0.15) is 21.5 Å². The molecule has 6 heteroatoms. The molecule has 0 aliphatic heterocycles. The van der Waals surface area contributed by atoms with Gasteiger partial charge in [0.15, 0.2) is 0 Å². The molecule has 0 saturated carbocycles. The van der Waals surface area contributed by atoms with Crippen molar-refractivity contribution in [2.45, 2.75) is 13.1 Å². The van der Waals surface area contributed by atoms with Crippen molar-refractivity contribution >= 4 is 18.3 Å². The molecule has 0 aromatic heterocycles. The highest BCUT2D eigenvalue weighted by Crippen LogP contribution is 2.25. The van der Waals surface area contributed by atoms with Gasteiger partial charge < -0.3 is 20.1 Å². The van der Waals surface area contributed by atoms with Gasteiger partial charge in [0.05, 0.1) is 14.2 Å². The summed E-state index contributed by atoms with van der Waals surface area (Å²) >= 11 is 0. The van der Waals surface area contributed by atoms with Crippen LogP contribution in [-0.4, -0.2) is 32.1 Å². The molecule has 0 aliphatic carbocycles. The van der Waals surface area contributed by atoms with Crippen LogP contribution < -0.4 is 15.2 Å². The summed E-state index contributed by atoms with van der Waals surface area (Å²) in [5.41, 5.74) is 8.13. The van der Waals surface area contributed by atoms with E-state index in [2.05, 4.69) is 0 Å². The molecule has 0 unspecified atom stereocenters. The Labute approximate surface area is 148 Å². The van der Waals surface area contributed by atoms with Gasteiger partial charge in [-0.25, -0.2) is 0 Å². The quantitative estimate of drug-likeness (QED) is 0.870. The lowest BCUT2D eigenvalue weighted by atomic mass is 10.1. The Hall–Kier alpha value is -2.24. The van der Waals surface area contributed by atoms with Gasteiger partial charge in [-0.05, 0) is 29.8 Å². The number of methoxy groups -OCH3 is 2. The molecule has 0 aliphatic rings. The number of nitrogens with two attached hydrogens (primary N) is 1. The lowest BCUT2D eigenvalue weighted by Crippen LogP contribution is -2.26. The Bertz CT molecular complexity index is 674. The SMILES string of the molecule is COc1ccc(CN(C)C(=O)c2ccc(CN)cc2)c(OC)c1.Cl. The second-order valence-electron chi connectivity index (χ2n) is 5.24. The molecule has 24 heavy (non-hydrogen) atoms. The minimum Gasteiger partial charge on any atom is -0.497 e. The molecule has 0 atom stereocenters. The molecule has 0 fully saturated rings. The van der Waals surface area contributed by atoms with E-state index in [-0.39, 0.29) is 18.3 Å². The van der Waals surface area contributed by atoms with Crippen LogP contribution in [-0.2, 0) is 13.1 Å². The highest BCUT2D eigenvalue weighted by atomic mass is 35.5. The third kappa shape index (κ3) is 4.63. The van der Waals surface area contributed by atoms with Crippen molar-refractivity contribution in [3.05, 3.63) is 59.2 Å². The lowest BCUT2D eigenvalue weighted by Gasteiger charge is -2.19. The predicted molar refractivity (Wildman–Crippen MR) is 96.9 cm³/mol. The fraction of sp³-hybridized carbons (Fsp3) is 0.278. The number of carbonyl (C=O) groups is 1. The highest BCUT2D eigenvalue weighted by Gasteiger charge is 2.14. The second kappa shape index (κ2) is 9.15. The maximum atomic E-state index is 12.5. The molecular formula is C18H23ClN2O3. The fourth-order valence-electron chi connectivity index (χ4n) is 2.31. The monoisotopic (exact) mass is 350 g/mol. The molecule has 2 aromatic rings. The molecular weight excluding hydrogens is 328 g/mol. The van der Waals surface area contributed by atoms with E-state index in [0.717, 1.165) is 16.9 Å². The summed E-state index contributed by atoms with van der Waals surface area (Å²) < 4.78 is 10.6. The average molecular weight is 351 g/mol. The van der Waals surface area contributed by atoms with Crippen molar-refractivity contribution in [1.29, 1.82) is 0 Å². The zero-order valence-electron chi connectivity index (χ0n) is 14.1. The van der Waals surface area contributed by atoms with E-state index in [1.165, 1.54) is 0 Å². The topological polar surface area (TPSA) is 64.8 Å². The summed E-state index contributed by atoms with van der Waals surface area (Å²) in [7, 11) is 4.98. The van der Waals surface area contributed by atoms with Crippen LogP contribution in [0.5, 0.6) is 11.5 Å². The van der Waals surface area contributed by atoms with Crippen molar-refractivity contribution in [3.8, 4) is 11.5 Å². The molecule has 2 aromatic carbocycles. The van der Waals surface area contributed by atoms with Crippen molar-refractivity contribution in [1.82, 2.24) is 4.90 Å². The van der Waals surface area contributed by atoms with Crippen LogP contribution in [0.25, 0.3) is 0 Å². The standard InChI is InChI=1S/C18H22N2O3.ClH/c1-20(18(21)14-6-4-13(11-19)5-7-14)12-15-8-9-16(22-2)10-17(15)23-3;/h4-10H,11-12,19H2,1-3H3;1H. The van der Waals surface area contributed by atoms with Gasteiger partial charge in [0.2, 0.25) is 0 Å². The number of carbonyl (C=O) groups excluding carboxylic acids is 1. The first-order valence-corrected chi connectivity index (χ1v) is 7.34. The Morgan fingerprint density at radius 3 is 2.29 bits per heavy atom. The van der Waals surface area contributed by atoms with Gasteiger partial charge in [0, 0.05) is 37.3 Å². The molecule has 130 valence electrons. The molecule has 1 amide bonds. The summed E-state index contributed by atoms with van der Waals surface area (Å²) in [6, 6.07) is 12.9. The van der Waals surface area contributed by atoms with Gasteiger partial charge in [0.25, 0.3) is 5.91 Å². The maximum absolute atomic E-state index is 12.5. The van der Waals surface area contributed by atoms with Gasteiger partial charge in [0.1, 0.15) is 11.5 Å². The summed E-state index contributed by atoms with van der Waals surface area (Å²) in [5, 5.41) is 0. The first kappa shape index (κ1) is 19.8. The minimum atomic E-state index is -0.0496. The Balaban J connectivity index is 0.00000288. The summed E-state index contributed by atoms with van der Waals surface area (Å²) in [6.45, 7) is 0.915. The number of hydrogen-bond donors (Lipinski definition) is 1. The van der Waals surface area contributed by atoms with Crippen molar-refractivity contribution < 1.29 is 14.3 Å². The summed E-state index contributed by atoms with van der Waals surface area (Å²) in [6.07, 6.45) is 0. The first-order chi connectivity index (χ1) is 11.1. The predicted octanol–water partition coefficient (Wildman–Crippen LogP) is 2.86. The smallest absolute Gasteiger partial charge is 0.253 e. The van der Waals surface area contributed by atoms with E-state index in [0.29, 0.717) is 24.4 Å². The van der Waals surface area contributed by atoms with Crippen LogP contribution in [0.3, 0.4) is 0 Å². The lowest BCUT2D eigenvalue weighted by molar-refractivity contribution is 0.0784. The Morgan fingerprint density at radius 2 is 1.75 bits per heavy atom. The third-order valence-electron chi connectivity index (χ3n) is 3.69. The van der Waals surface area contributed by atoms with E-state index in [1.807, 2.05) is 30.3 Å². The Morgan fingerprint density at radius 1 is 1.08 bits per heavy atom. The van der Waals surface area contributed by atoms with Crippen LogP contribution in [0.2, 0.25) is 0 Å². The van der Waals surface area contributed by atoms with E-state index in [9.17, 15) is 4.79 Å². The number of ether oxygens (including phenoxy) is 2. The van der Waals surface area contributed by atoms with Crippen LogP contribution in [0.15, 0.2) is 42.5 Å². The maximum Gasteiger partial charge on any atom is 0.253 e. The summed E-state index contributed by atoms with van der Waals surface area (Å²) in [5.74, 6) is 1.37. The van der Waals surface area contributed by atoms with Gasteiger partial charge in [-0.3, -0.25) is 4.79 Å². The van der Waals surface area contributed by atoms with Crippen LogP contribution >= 0.6 is 12.4 Å². The van der Waals surface area contributed by atoms with Gasteiger partial charge in [-0.2, -0.15) is 0 Å². The summed E-state index contributed by atoms with van der Waals surface area (Å²) in [4.78, 5) is 14.2. The average Bonchev–Trinajstić information content (AvgIpc) is 2.61. The third-order valence-corrected chi connectivity index (χ3v) is 3.69. The fourth-order valence-corrected chi connectivity index (χ4v) is 2.31. The van der Waals surface area contributed by atoms with Crippen molar-refractivity contribution in [3.63, 3.8) is 0 Å². The number of amides is 1. The van der Waals surface area contributed by atoms with E-state index < -0.39 is 0 Å². The number of halogens is 1. The number of rotatable bonds is 6. The zero-order valence-corrected chi connectivity index (χ0v) is 14.9. The molecule has 0 saturated heterocycles. The molecule has 2 rings (SSSR count). The van der Waals surface area contributed by atoms with Gasteiger partial charge in [-0.1, -0.05) is 12.1 Å². The normalized spacial score (nSPS) is 9.83. The first-order valence-electron chi connectivity index (χ1n) is 7.34. The van der Waals surface area contributed by atoms with Crippen LogP contribution in [0.4, 0.5) is 0 Å². The van der Waals surface area contributed by atoms with Crippen molar-refractivity contribution in [2.24, 2.45) is 5.73 Å². The van der Waals surface area contributed by atoms with Gasteiger partial charge in [-0.15, -0.1) is 12.4 Å². The molecule has 0 spiro atoms. The highest BCUT2D eigenvalue weighted by molar-refractivity contribution is 5.94. The largest absolute Gasteiger partial charge is 0.497 e. The molecule has 2 N–H and O–H groups in total. The van der Waals surface area contributed by atoms with Crippen LogP contribution in [0, 0.1) is 0 Å². The number of benzene rings is 2. The second-order valence-corrected chi connectivity index (χ2v) is 5.24. The van der Waals surface area contributed by atoms with E-state index in [1.54, 1.807) is 38.3 Å². The van der Waals surface area contributed by atoms with Crippen molar-refractivity contribution in [2.75, 3.05) is 21.3 Å². The molecule has 0 heterocycles. The number of hydrogen-bond acceptors (Lipinski definition) is 4. The molecule has 5 nitrogen and oxygen atoms in total. The Kier molecular flexibility index (Phi) is 7.55. The minimum absolute atomic E-state index is 0.